The molecule has 1 nitrogen and oxygen atoms in total. The SMILES string of the molecule is C1=Cc2c(cccc2N(c2ccccc2)c2ccccc2)C1. The van der Waals surface area contributed by atoms with Gasteiger partial charge in [0.2, 0.25) is 0 Å². The fourth-order valence-corrected chi connectivity index (χ4v) is 3.05. The number of fused-ring (bicyclic) bond motifs is 1. The van der Waals surface area contributed by atoms with E-state index >= 15 is 0 Å². The molecule has 3 aromatic rings. The first-order valence-corrected chi connectivity index (χ1v) is 7.62. The second-order valence-corrected chi connectivity index (χ2v) is 5.46. The molecule has 0 N–H and O–H groups in total. The minimum atomic E-state index is 1.03. The summed E-state index contributed by atoms with van der Waals surface area (Å²) >= 11 is 0. The predicted octanol–water partition coefficient (Wildman–Crippen LogP) is 5.73. The van der Waals surface area contributed by atoms with Crippen LogP contribution < -0.4 is 4.90 Å². The highest BCUT2D eigenvalue weighted by atomic mass is 15.1. The van der Waals surface area contributed by atoms with Gasteiger partial charge in [-0.25, -0.2) is 0 Å². The maximum atomic E-state index is 2.33. The predicted molar refractivity (Wildman–Crippen MR) is 93.9 cm³/mol. The molecule has 0 saturated carbocycles. The van der Waals surface area contributed by atoms with E-state index in [1.807, 2.05) is 0 Å². The number of rotatable bonds is 3. The smallest absolute Gasteiger partial charge is 0.0536 e. The first-order valence-electron chi connectivity index (χ1n) is 7.62. The van der Waals surface area contributed by atoms with E-state index < -0.39 is 0 Å². The van der Waals surface area contributed by atoms with Gasteiger partial charge in [0.1, 0.15) is 0 Å². The van der Waals surface area contributed by atoms with Gasteiger partial charge in [-0.05, 0) is 42.3 Å². The average molecular weight is 283 g/mol. The van der Waals surface area contributed by atoms with E-state index in [2.05, 4.69) is 95.9 Å². The van der Waals surface area contributed by atoms with Gasteiger partial charge in [0.25, 0.3) is 0 Å². The number of benzene rings is 3. The number of hydrogen-bond donors (Lipinski definition) is 0. The van der Waals surface area contributed by atoms with E-state index in [1.165, 1.54) is 28.2 Å². The molecule has 1 aliphatic rings. The summed E-state index contributed by atoms with van der Waals surface area (Å²) in [5, 5.41) is 0. The minimum Gasteiger partial charge on any atom is -0.310 e. The van der Waals surface area contributed by atoms with Crippen molar-refractivity contribution >= 4 is 23.1 Å². The lowest BCUT2D eigenvalue weighted by atomic mass is 10.1. The third kappa shape index (κ3) is 2.21. The first-order chi connectivity index (χ1) is 10.9. The number of anilines is 3. The first kappa shape index (κ1) is 12.9. The van der Waals surface area contributed by atoms with Crippen LogP contribution in [0.1, 0.15) is 11.1 Å². The summed E-state index contributed by atoms with van der Waals surface area (Å²) in [5.74, 6) is 0. The highest BCUT2D eigenvalue weighted by molar-refractivity contribution is 5.84. The van der Waals surface area contributed by atoms with Crippen molar-refractivity contribution < 1.29 is 0 Å². The van der Waals surface area contributed by atoms with E-state index in [4.69, 9.17) is 0 Å². The van der Waals surface area contributed by atoms with Gasteiger partial charge in [-0.15, -0.1) is 0 Å². The van der Waals surface area contributed by atoms with Gasteiger partial charge in [0.05, 0.1) is 5.69 Å². The fourth-order valence-electron chi connectivity index (χ4n) is 3.05. The van der Waals surface area contributed by atoms with E-state index in [9.17, 15) is 0 Å². The molecule has 0 bridgehead atoms. The molecule has 0 spiro atoms. The van der Waals surface area contributed by atoms with Crippen LogP contribution in [0, 0.1) is 0 Å². The Labute approximate surface area is 131 Å². The number of nitrogens with zero attached hydrogens (tertiary/aromatic N) is 1. The molecule has 0 aromatic heterocycles. The minimum absolute atomic E-state index is 1.03. The van der Waals surface area contributed by atoms with E-state index in [1.54, 1.807) is 0 Å². The highest BCUT2D eigenvalue weighted by Crippen LogP contribution is 2.39. The van der Waals surface area contributed by atoms with Gasteiger partial charge < -0.3 is 4.90 Å². The quantitative estimate of drug-likeness (QED) is 0.593. The number of para-hydroxylation sites is 2. The van der Waals surface area contributed by atoms with Crippen LogP contribution in [0.15, 0.2) is 84.9 Å². The van der Waals surface area contributed by atoms with Crippen molar-refractivity contribution in [1.82, 2.24) is 0 Å². The molecule has 0 saturated heterocycles. The van der Waals surface area contributed by atoms with Crippen LogP contribution in [0.4, 0.5) is 17.1 Å². The summed E-state index contributed by atoms with van der Waals surface area (Å²) in [6.45, 7) is 0. The van der Waals surface area contributed by atoms with Crippen molar-refractivity contribution in [2.75, 3.05) is 4.90 Å². The molecule has 1 heteroatoms. The van der Waals surface area contributed by atoms with E-state index in [-0.39, 0.29) is 0 Å². The molecule has 4 rings (SSSR count). The number of allylic oxidation sites excluding steroid dienone is 1. The summed E-state index contributed by atoms with van der Waals surface area (Å²) in [4.78, 5) is 2.33. The Balaban J connectivity index is 1.93. The zero-order chi connectivity index (χ0) is 14.8. The molecule has 0 fully saturated rings. The van der Waals surface area contributed by atoms with Gasteiger partial charge in [-0.1, -0.05) is 60.7 Å². The Morgan fingerprint density at radius 2 is 1.27 bits per heavy atom. The molecule has 22 heavy (non-hydrogen) atoms. The monoisotopic (exact) mass is 283 g/mol. The fraction of sp³-hybridized carbons (Fsp3) is 0.0476. The average Bonchev–Trinajstić information content (AvgIpc) is 3.07. The lowest BCUT2D eigenvalue weighted by Crippen LogP contribution is -2.11. The van der Waals surface area contributed by atoms with Crippen molar-refractivity contribution in [1.29, 1.82) is 0 Å². The zero-order valence-corrected chi connectivity index (χ0v) is 12.3. The Morgan fingerprint density at radius 3 is 1.91 bits per heavy atom. The molecule has 0 unspecified atom stereocenters. The maximum absolute atomic E-state index is 2.33. The largest absolute Gasteiger partial charge is 0.310 e. The maximum Gasteiger partial charge on any atom is 0.0536 e. The van der Waals surface area contributed by atoms with Crippen LogP contribution in [0.2, 0.25) is 0 Å². The van der Waals surface area contributed by atoms with Crippen molar-refractivity contribution in [3.63, 3.8) is 0 Å². The molecule has 106 valence electrons. The molecular weight excluding hydrogens is 266 g/mol. The van der Waals surface area contributed by atoms with Gasteiger partial charge in [-0.2, -0.15) is 0 Å². The topological polar surface area (TPSA) is 3.24 Å². The molecule has 0 atom stereocenters. The second kappa shape index (κ2) is 5.53. The standard InChI is InChI=1S/C21H17N/c1-3-11-18(12-4-1)22(19-13-5-2-6-14-19)21-16-8-10-17-9-7-15-20(17)21/h1-8,10-16H,9H2. The second-order valence-electron chi connectivity index (χ2n) is 5.46. The van der Waals surface area contributed by atoms with Gasteiger partial charge in [0.15, 0.2) is 0 Å². The lowest BCUT2D eigenvalue weighted by Gasteiger charge is -2.27. The normalized spacial score (nSPS) is 12.2. The van der Waals surface area contributed by atoms with Gasteiger partial charge in [0, 0.05) is 16.9 Å². The highest BCUT2D eigenvalue weighted by Gasteiger charge is 2.17. The zero-order valence-electron chi connectivity index (χ0n) is 12.3. The van der Waals surface area contributed by atoms with Gasteiger partial charge in [-0.3, -0.25) is 0 Å². The lowest BCUT2D eigenvalue weighted by molar-refractivity contribution is 1.24. The van der Waals surface area contributed by atoms with Crippen molar-refractivity contribution in [3.05, 3.63) is 96.1 Å². The summed E-state index contributed by atoms with van der Waals surface area (Å²) in [6, 6.07) is 27.7. The Hall–Kier alpha value is -2.80. The van der Waals surface area contributed by atoms with Crippen molar-refractivity contribution in [3.8, 4) is 0 Å². The van der Waals surface area contributed by atoms with Crippen molar-refractivity contribution in [2.45, 2.75) is 6.42 Å². The molecule has 0 amide bonds. The Kier molecular flexibility index (Phi) is 3.24. The van der Waals surface area contributed by atoms with E-state index in [0.29, 0.717) is 0 Å². The number of hydrogen-bond acceptors (Lipinski definition) is 1. The van der Waals surface area contributed by atoms with E-state index in [0.717, 1.165) is 6.42 Å². The van der Waals surface area contributed by atoms with Crippen LogP contribution >= 0.6 is 0 Å². The van der Waals surface area contributed by atoms with Crippen LogP contribution in [0.5, 0.6) is 0 Å². The van der Waals surface area contributed by atoms with Crippen LogP contribution in [-0.2, 0) is 6.42 Å². The molecule has 1 aliphatic carbocycles. The summed E-state index contributed by atoms with van der Waals surface area (Å²) in [5.41, 5.74) is 6.33. The molecular formula is C21H17N. The van der Waals surface area contributed by atoms with Gasteiger partial charge >= 0.3 is 0 Å². The third-order valence-corrected chi connectivity index (χ3v) is 4.07. The Bertz CT molecular complexity index is 764. The summed E-state index contributed by atoms with van der Waals surface area (Å²) < 4.78 is 0. The van der Waals surface area contributed by atoms with Crippen LogP contribution in [-0.4, -0.2) is 0 Å². The molecule has 0 aliphatic heterocycles. The van der Waals surface area contributed by atoms with Crippen LogP contribution in [0.25, 0.3) is 6.08 Å². The van der Waals surface area contributed by atoms with Crippen molar-refractivity contribution in [2.24, 2.45) is 0 Å². The third-order valence-electron chi connectivity index (χ3n) is 4.07. The summed E-state index contributed by atoms with van der Waals surface area (Å²) in [6.07, 6.45) is 5.51. The Morgan fingerprint density at radius 1 is 0.636 bits per heavy atom. The van der Waals surface area contributed by atoms with Crippen LogP contribution in [0.3, 0.4) is 0 Å². The summed E-state index contributed by atoms with van der Waals surface area (Å²) in [7, 11) is 0. The molecule has 0 radical (unpaired) electrons. The molecule has 3 aromatic carbocycles. The molecule has 0 heterocycles.